The predicted octanol–water partition coefficient (Wildman–Crippen LogP) is 5.25. The second-order valence-electron chi connectivity index (χ2n) is 10.6. The molecule has 44 heavy (non-hydrogen) atoms. The van der Waals surface area contributed by atoms with Gasteiger partial charge in [0, 0.05) is 49.3 Å². The Morgan fingerprint density at radius 1 is 1.05 bits per heavy atom. The monoisotopic (exact) mass is 604 g/mol. The second kappa shape index (κ2) is 11.9. The molecular formula is C32H30F2N4O6. The van der Waals surface area contributed by atoms with Gasteiger partial charge in [0.1, 0.15) is 28.5 Å². The first-order chi connectivity index (χ1) is 20.9. The first kappa shape index (κ1) is 30.4. The summed E-state index contributed by atoms with van der Waals surface area (Å²) in [6.07, 6.45) is 4.86. The Morgan fingerprint density at radius 3 is 2.41 bits per heavy atom. The molecule has 0 fully saturated rings. The number of ether oxygens (including phenoxy) is 3. The fourth-order valence-electron chi connectivity index (χ4n) is 4.91. The minimum absolute atomic E-state index is 0.0454. The van der Waals surface area contributed by atoms with Crippen molar-refractivity contribution in [3.8, 4) is 17.2 Å². The largest absolute Gasteiger partial charge is 0.498 e. The van der Waals surface area contributed by atoms with Crippen LogP contribution in [0.5, 0.6) is 11.5 Å². The first-order valence-corrected chi connectivity index (χ1v) is 13.7. The van der Waals surface area contributed by atoms with Crippen molar-refractivity contribution < 1.29 is 27.8 Å². The Morgan fingerprint density at radius 2 is 1.77 bits per heavy atom. The number of pyridine rings is 1. The Kier molecular flexibility index (Phi) is 8.20. The molecule has 1 aliphatic rings. The van der Waals surface area contributed by atoms with Crippen molar-refractivity contribution in [2.24, 2.45) is 0 Å². The van der Waals surface area contributed by atoms with Crippen LogP contribution in [-0.4, -0.2) is 39.8 Å². The van der Waals surface area contributed by atoms with Crippen molar-refractivity contribution in [1.82, 2.24) is 14.1 Å². The summed E-state index contributed by atoms with van der Waals surface area (Å²) in [4.78, 5) is 44.1. The van der Waals surface area contributed by atoms with E-state index in [1.54, 1.807) is 39.3 Å². The molecule has 0 saturated carbocycles. The molecular weight excluding hydrogens is 574 g/mol. The molecule has 1 aliphatic carbocycles. The van der Waals surface area contributed by atoms with Crippen LogP contribution in [0.2, 0.25) is 0 Å². The smallest absolute Gasteiger partial charge is 0.335 e. The fourth-order valence-corrected chi connectivity index (χ4v) is 4.91. The summed E-state index contributed by atoms with van der Waals surface area (Å²) in [6.45, 7) is 5.29. The number of hydrogen-bond acceptors (Lipinski definition) is 7. The molecule has 2 heterocycles. The molecule has 1 atom stereocenters. The summed E-state index contributed by atoms with van der Waals surface area (Å²) in [5.41, 5.74) is -1.25. The highest BCUT2D eigenvalue weighted by Gasteiger charge is 2.36. The zero-order valence-electron chi connectivity index (χ0n) is 24.7. The molecule has 0 bridgehead atoms. The summed E-state index contributed by atoms with van der Waals surface area (Å²) in [7, 11) is 3.11. The van der Waals surface area contributed by atoms with Crippen molar-refractivity contribution in [3.63, 3.8) is 0 Å². The number of rotatable bonds is 8. The molecule has 4 aromatic rings. The normalized spacial score (nSPS) is 15.9. The number of anilines is 1. The molecule has 0 radical (unpaired) electrons. The van der Waals surface area contributed by atoms with E-state index in [9.17, 15) is 18.8 Å². The number of aromatic nitrogens is 3. The molecule has 0 aliphatic heterocycles. The molecule has 1 unspecified atom stereocenters. The Balaban J connectivity index is 1.43. The molecule has 10 nitrogen and oxygen atoms in total. The molecule has 0 spiro atoms. The van der Waals surface area contributed by atoms with Crippen LogP contribution in [0.3, 0.4) is 0 Å². The standard InChI is InChI=1S/C32H30F2N4O6/c1-18(2)37-17-23(30(40)38(31(37)41)21-9-6-19(33)7-10-21)29(39)36-20-8-11-27(24(34)14-20)44-26-12-13-35-25-16-32(3,43-5)28(42-4)15-22(25)26/h6-15,17-18H,16H2,1-5H3,(H,36,39). The molecule has 2 aromatic carbocycles. The van der Waals surface area contributed by atoms with Gasteiger partial charge in [0.25, 0.3) is 11.5 Å². The molecule has 1 amide bonds. The lowest BCUT2D eigenvalue weighted by molar-refractivity contribution is -0.00498. The fraction of sp³-hybridized carbons (Fsp3) is 0.250. The number of carbonyl (C=O) groups excluding carboxylic acids is 1. The average Bonchev–Trinajstić information content (AvgIpc) is 2.99. The summed E-state index contributed by atoms with van der Waals surface area (Å²) in [5.74, 6) is -1.41. The molecule has 1 N–H and O–H groups in total. The van der Waals surface area contributed by atoms with E-state index in [2.05, 4.69) is 10.3 Å². The second-order valence-corrected chi connectivity index (χ2v) is 10.6. The lowest BCUT2D eigenvalue weighted by Gasteiger charge is -2.33. The van der Waals surface area contributed by atoms with E-state index in [0.29, 0.717) is 29.2 Å². The highest BCUT2D eigenvalue weighted by molar-refractivity contribution is 6.03. The summed E-state index contributed by atoms with van der Waals surface area (Å²) in [6, 6.07) is 9.73. The number of nitrogens with zero attached hydrogens (tertiary/aromatic N) is 3. The van der Waals surface area contributed by atoms with Crippen LogP contribution in [0, 0.1) is 11.6 Å². The van der Waals surface area contributed by atoms with Gasteiger partial charge < -0.3 is 19.5 Å². The predicted molar refractivity (Wildman–Crippen MR) is 159 cm³/mol. The van der Waals surface area contributed by atoms with Crippen LogP contribution >= 0.6 is 0 Å². The number of amides is 1. The van der Waals surface area contributed by atoms with Crippen molar-refractivity contribution in [1.29, 1.82) is 0 Å². The first-order valence-electron chi connectivity index (χ1n) is 13.7. The van der Waals surface area contributed by atoms with Crippen molar-refractivity contribution in [2.45, 2.75) is 38.8 Å². The van der Waals surface area contributed by atoms with Crippen LogP contribution in [-0.2, 0) is 15.9 Å². The van der Waals surface area contributed by atoms with Crippen LogP contribution in [0.1, 0.15) is 48.4 Å². The molecule has 5 rings (SSSR count). The highest BCUT2D eigenvalue weighted by Crippen LogP contribution is 2.39. The quantitative estimate of drug-likeness (QED) is 0.292. The molecule has 12 heteroatoms. The van der Waals surface area contributed by atoms with Crippen molar-refractivity contribution in [2.75, 3.05) is 19.5 Å². The molecule has 2 aromatic heterocycles. The van der Waals surface area contributed by atoms with Gasteiger partial charge in [-0.05, 0) is 69.3 Å². The number of benzene rings is 2. The highest BCUT2D eigenvalue weighted by atomic mass is 19.1. The Labute approximate surface area is 251 Å². The number of methoxy groups -OCH3 is 2. The summed E-state index contributed by atoms with van der Waals surface area (Å²) in [5, 5.41) is 2.51. The van der Waals surface area contributed by atoms with E-state index in [4.69, 9.17) is 14.2 Å². The van der Waals surface area contributed by atoms with E-state index < -0.39 is 40.4 Å². The van der Waals surface area contributed by atoms with Crippen LogP contribution in [0.15, 0.2) is 76.3 Å². The van der Waals surface area contributed by atoms with Gasteiger partial charge in [-0.2, -0.15) is 0 Å². The maximum Gasteiger partial charge on any atom is 0.335 e. The van der Waals surface area contributed by atoms with Crippen LogP contribution < -0.4 is 21.3 Å². The van der Waals surface area contributed by atoms with Gasteiger partial charge in [0.05, 0.1) is 18.5 Å². The number of carbonyl (C=O) groups is 1. The molecule has 228 valence electrons. The number of hydrogen-bond donors (Lipinski definition) is 1. The number of nitrogens with one attached hydrogen (secondary N) is 1. The van der Waals surface area contributed by atoms with E-state index >= 15 is 4.39 Å². The van der Waals surface area contributed by atoms with Crippen LogP contribution in [0.4, 0.5) is 14.5 Å². The molecule has 0 saturated heterocycles. The van der Waals surface area contributed by atoms with Gasteiger partial charge in [-0.25, -0.2) is 18.1 Å². The van der Waals surface area contributed by atoms with E-state index in [-0.39, 0.29) is 22.7 Å². The maximum atomic E-state index is 15.3. The Bertz CT molecular complexity index is 1900. The van der Waals surface area contributed by atoms with Gasteiger partial charge in [0.15, 0.2) is 11.6 Å². The van der Waals surface area contributed by atoms with Gasteiger partial charge in [0.2, 0.25) is 0 Å². The Hall–Kier alpha value is -5.10. The zero-order valence-corrected chi connectivity index (χ0v) is 24.7. The van der Waals surface area contributed by atoms with E-state index in [0.717, 1.165) is 29.0 Å². The lowest BCUT2D eigenvalue weighted by Crippen LogP contribution is -2.42. The van der Waals surface area contributed by atoms with Crippen molar-refractivity contribution >= 4 is 17.7 Å². The van der Waals surface area contributed by atoms with Gasteiger partial charge in [-0.15, -0.1) is 0 Å². The summed E-state index contributed by atoms with van der Waals surface area (Å²) < 4.78 is 47.8. The minimum atomic E-state index is -0.910. The SMILES string of the molecule is COC1=Cc2c(Oc3ccc(NC(=O)c4cn(C(C)C)c(=O)n(-c5ccc(F)cc5)c4=O)cc3F)ccnc2CC1(C)OC. The van der Waals surface area contributed by atoms with Gasteiger partial charge in [-0.1, -0.05) is 0 Å². The minimum Gasteiger partial charge on any atom is -0.498 e. The third-order valence-electron chi connectivity index (χ3n) is 7.41. The van der Waals surface area contributed by atoms with Gasteiger partial charge in [-0.3, -0.25) is 19.1 Å². The van der Waals surface area contributed by atoms with Gasteiger partial charge >= 0.3 is 5.69 Å². The average molecular weight is 605 g/mol. The zero-order chi connectivity index (χ0) is 31.8. The van der Waals surface area contributed by atoms with E-state index in [1.165, 1.54) is 35.9 Å². The van der Waals surface area contributed by atoms with Crippen LogP contribution in [0.25, 0.3) is 11.8 Å². The van der Waals surface area contributed by atoms with E-state index in [1.807, 2.05) is 6.92 Å². The number of halogens is 2. The summed E-state index contributed by atoms with van der Waals surface area (Å²) >= 11 is 0. The third kappa shape index (κ3) is 5.63. The third-order valence-corrected chi connectivity index (χ3v) is 7.41. The topological polar surface area (TPSA) is 114 Å². The maximum absolute atomic E-state index is 15.3. The lowest BCUT2D eigenvalue weighted by atomic mass is 9.88. The van der Waals surface area contributed by atoms with Crippen molar-refractivity contribution in [3.05, 3.63) is 116 Å². The number of fused-ring (bicyclic) bond motifs is 1.